The minimum atomic E-state index is -0.193. The summed E-state index contributed by atoms with van der Waals surface area (Å²) >= 11 is 0. The topological polar surface area (TPSA) is 69.0 Å². The zero-order valence-electron chi connectivity index (χ0n) is 17.3. The van der Waals surface area contributed by atoms with Crippen LogP contribution in [-0.4, -0.2) is 27.5 Å². The molecule has 0 aliphatic carbocycles. The van der Waals surface area contributed by atoms with Crippen molar-refractivity contribution in [2.24, 2.45) is 0 Å². The molecule has 1 N–H and O–H groups in total. The van der Waals surface area contributed by atoms with Crippen LogP contribution in [0.25, 0.3) is 16.7 Å². The van der Waals surface area contributed by atoms with Gasteiger partial charge in [-0.1, -0.05) is 25.1 Å². The predicted molar refractivity (Wildman–Crippen MR) is 119 cm³/mol. The van der Waals surface area contributed by atoms with E-state index in [2.05, 4.69) is 34.6 Å². The molecule has 1 aromatic heterocycles. The number of aromatic nitrogens is 3. The summed E-state index contributed by atoms with van der Waals surface area (Å²) in [6.07, 6.45) is 0.991. The molecule has 0 aliphatic heterocycles. The average Bonchev–Trinajstić information content (AvgIpc) is 3.17. The summed E-state index contributed by atoms with van der Waals surface area (Å²) in [6.45, 7) is 6.54. The molecule has 0 bridgehead atoms. The molecule has 0 saturated heterocycles. The normalized spacial score (nSPS) is 10.9. The maximum atomic E-state index is 12.7. The number of nitrogens with zero attached hydrogens (tertiary/aromatic N) is 3. The van der Waals surface area contributed by atoms with Crippen LogP contribution in [0.5, 0.6) is 5.75 Å². The summed E-state index contributed by atoms with van der Waals surface area (Å²) in [5.41, 5.74) is 5.85. The number of aryl methyl sites for hydroxylation is 2. The van der Waals surface area contributed by atoms with Gasteiger partial charge >= 0.3 is 0 Å². The SMILES string of the molecule is CCOc1cccc(C(=O)Nc2cc3nn(-c4ccc(CC)cc4)nc3cc2C)c1. The highest BCUT2D eigenvalue weighted by Gasteiger charge is 2.12. The summed E-state index contributed by atoms with van der Waals surface area (Å²) in [5.74, 6) is 0.482. The lowest BCUT2D eigenvalue weighted by molar-refractivity contribution is 0.102. The van der Waals surface area contributed by atoms with Crippen LogP contribution >= 0.6 is 0 Å². The van der Waals surface area contributed by atoms with E-state index < -0.39 is 0 Å². The molecule has 6 nitrogen and oxygen atoms in total. The summed E-state index contributed by atoms with van der Waals surface area (Å²) in [5, 5.41) is 12.2. The van der Waals surface area contributed by atoms with Crippen molar-refractivity contribution in [1.29, 1.82) is 0 Å². The minimum Gasteiger partial charge on any atom is -0.494 e. The van der Waals surface area contributed by atoms with Crippen LogP contribution in [0.15, 0.2) is 60.7 Å². The molecule has 0 spiro atoms. The molecular weight excluding hydrogens is 376 g/mol. The van der Waals surface area contributed by atoms with Crippen LogP contribution in [0.3, 0.4) is 0 Å². The van der Waals surface area contributed by atoms with Crippen LogP contribution < -0.4 is 10.1 Å². The van der Waals surface area contributed by atoms with Gasteiger partial charge in [0.15, 0.2) is 0 Å². The highest BCUT2D eigenvalue weighted by Crippen LogP contribution is 2.23. The predicted octanol–water partition coefficient (Wildman–Crippen LogP) is 4.94. The molecule has 1 amide bonds. The number of ether oxygens (including phenoxy) is 1. The van der Waals surface area contributed by atoms with E-state index >= 15 is 0 Å². The zero-order chi connectivity index (χ0) is 21.1. The monoisotopic (exact) mass is 400 g/mol. The van der Waals surface area contributed by atoms with Crippen molar-refractivity contribution in [3.05, 3.63) is 77.4 Å². The second kappa shape index (κ2) is 8.37. The van der Waals surface area contributed by atoms with E-state index in [4.69, 9.17) is 4.74 Å². The van der Waals surface area contributed by atoms with Gasteiger partial charge in [0.25, 0.3) is 5.91 Å². The first-order valence-electron chi connectivity index (χ1n) is 10.1. The van der Waals surface area contributed by atoms with Crippen LogP contribution in [0.2, 0.25) is 0 Å². The van der Waals surface area contributed by atoms with E-state index in [0.29, 0.717) is 23.6 Å². The number of anilines is 1. The van der Waals surface area contributed by atoms with Gasteiger partial charge < -0.3 is 10.1 Å². The Hall–Kier alpha value is -3.67. The number of benzene rings is 3. The second-order valence-corrected chi connectivity index (χ2v) is 7.08. The zero-order valence-corrected chi connectivity index (χ0v) is 17.3. The average molecular weight is 400 g/mol. The number of rotatable bonds is 6. The Morgan fingerprint density at radius 3 is 2.43 bits per heavy atom. The smallest absolute Gasteiger partial charge is 0.255 e. The van der Waals surface area contributed by atoms with Gasteiger partial charge in [-0.05, 0) is 73.9 Å². The van der Waals surface area contributed by atoms with Crippen molar-refractivity contribution in [3.8, 4) is 11.4 Å². The molecule has 0 saturated carbocycles. The van der Waals surface area contributed by atoms with E-state index in [1.165, 1.54) is 5.56 Å². The molecule has 0 atom stereocenters. The van der Waals surface area contributed by atoms with Gasteiger partial charge in [0.1, 0.15) is 16.8 Å². The summed E-state index contributed by atoms with van der Waals surface area (Å²) in [4.78, 5) is 14.4. The number of fused-ring (bicyclic) bond motifs is 1. The number of carbonyl (C=O) groups excluding carboxylic acids is 1. The van der Waals surface area contributed by atoms with Crippen LogP contribution in [-0.2, 0) is 6.42 Å². The van der Waals surface area contributed by atoms with Crippen molar-refractivity contribution < 1.29 is 9.53 Å². The third-order valence-corrected chi connectivity index (χ3v) is 4.96. The highest BCUT2D eigenvalue weighted by molar-refractivity contribution is 6.05. The summed E-state index contributed by atoms with van der Waals surface area (Å²) in [6, 6.07) is 19.1. The molecule has 1 heterocycles. The maximum absolute atomic E-state index is 12.7. The quantitative estimate of drug-likeness (QED) is 0.498. The van der Waals surface area contributed by atoms with E-state index in [1.54, 1.807) is 16.9 Å². The molecule has 4 aromatic rings. The Balaban J connectivity index is 1.61. The fourth-order valence-corrected chi connectivity index (χ4v) is 3.27. The molecule has 0 radical (unpaired) electrons. The van der Waals surface area contributed by atoms with Crippen molar-refractivity contribution in [1.82, 2.24) is 15.0 Å². The van der Waals surface area contributed by atoms with Gasteiger partial charge in [-0.15, -0.1) is 10.2 Å². The van der Waals surface area contributed by atoms with E-state index in [1.807, 2.05) is 50.2 Å². The first-order chi connectivity index (χ1) is 14.6. The number of carbonyl (C=O) groups is 1. The van der Waals surface area contributed by atoms with Crippen molar-refractivity contribution in [2.75, 3.05) is 11.9 Å². The molecular formula is C24H24N4O2. The molecule has 0 fully saturated rings. The van der Waals surface area contributed by atoms with Gasteiger partial charge in [0.2, 0.25) is 0 Å². The van der Waals surface area contributed by atoms with Gasteiger partial charge in [-0.3, -0.25) is 4.79 Å². The van der Waals surface area contributed by atoms with Crippen molar-refractivity contribution >= 4 is 22.6 Å². The minimum absolute atomic E-state index is 0.193. The lowest BCUT2D eigenvalue weighted by Gasteiger charge is -2.09. The van der Waals surface area contributed by atoms with E-state index in [0.717, 1.165) is 28.7 Å². The third kappa shape index (κ3) is 4.03. The molecule has 3 aromatic carbocycles. The standard InChI is InChI=1S/C24H24N4O2/c1-4-17-9-11-19(12-10-17)28-26-22-13-16(3)21(15-23(22)27-28)25-24(29)18-7-6-8-20(14-18)30-5-2/h6-15H,4-5H2,1-3H3,(H,25,29). The molecule has 4 rings (SSSR count). The Kier molecular flexibility index (Phi) is 5.48. The van der Waals surface area contributed by atoms with Crippen LogP contribution in [0, 0.1) is 6.92 Å². The van der Waals surface area contributed by atoms with E-state index in [9.17, 15) is 4.79 Å². The number of nitrogens with one attached hydrogen (secondary N) is 1. The largest absolute Gasteiger partial charge is 0.494 e. The number of hydrogen-bond acceptors (Lipinski definition) is 4. The van der Waals surface area contributed by atoms with E-state index in [-0.39, 0.29) is 5.91 Å². The highest BCUT2D eigenvalue weighted by atomic mass is 16.5. The lowest BCUT2D eigenvalue weighted by Crippen LogP contribution is -2.13. The molecule has 0 unspecified atom stereocenters. The van der Waals surface area contributed by atoms with Crippen molar-refractivity contribution in [3.63, 3.8) is 0 Å². The van der Waals surface area contributed by atoms with Gasteiger partial charge in [0.05, 0.1) is 12.3 Å². The Labute approximate surface area is 175 Å². The van der Waals surface area contributed by atoms with Gasteiger partial charge in [-0.25, -0.2) is 0 Å². The summed E-state index contributed by atoms with van der Waals surface area (Å²) < 4.78 is 5.49. The third-order valence-electron chi connectivity index (χ3n) is 4.96. The fraction of sp³-hybridized carbons (Fsp3) is 0.208. The first-order valence-corrected chi connectivity index (χ1v) is 10.1. The Bertz CT molecular complexity index is 1200. The Morgan fingerprint density at radius 2 is 1.73 bits per heavy atom. The van der Waals surface area contributed by atoms with Gasteiger partial charge in [-0.2, -0.15) is 4.80 Å². The Morgan fingerprint density at radius 1 is 1.00 bits per heavy atom. The fourth-order valence-electron chi connectivity index (χ4n) is 3.27. The van der Waals surface area contributed by atoms with Crippen LogP contribution in [0.1, 0.15) is 35.3 Å². The molecule has 6 heteroatoms. The number of amides is 1. The van der Waals surface area contributed by atoms with Crippen LogP contribution in [0.4, 0.5) is 5.69 Å². The van der Waals surface area contributed by atoms with Gasteiger partial charge in [0, 0.05) is 11.3 Å². The summed E-state index contributed by atoms with van der Waals surface area (Å²) in [7, 11) is 0. The maximum Gasteiger partial charge on any atom is 0.255 e. The number of hydrogen-bond donors (Lipinski definition) is 1. The molecule has 0 aliphatic rings. The molecule has 30 heavy (non-hydrogen) atoms. The first kappa shape index (κ1) is 19.6. The lowest BCUT2D eigenvalue weighted by atomic mass is 10.1. The molecule has 152 valence electrons. The van der Waals surface area contributed by atoms with Crippen molar-refractivity contribution in [2.45, 2.75) is 27.2 Å². The second-order valence-electron chi connectivity index (χ2n) is 7.08.